The van der Waals surface area contributed by atoms with Crippen LogP contribution in [0.4, 0.5) is 0 Å². The van der Waals surface area contributed by atoms with Crippen LogP contribution in [0.1, 0.15) is 5.56 Å². The zero-order valence-electron chi connectivity index (χ0n) is 7.23. The number of thioether (sulfide) groups is 1. The molecule has 1 aromatic heterocycles. The van der Waals surface area contributed by atoms with E-state index in [2.05, 4.69) is 16.3 Å². The van der Waals surface area contributed by atoms with Crippen LogP contribution in [-0.4, -0.2) is 29.7 Å². The van der Waals surface area contributed by atoms with Gasteiger partial charge in [-0.1, -0.05) is 0 Å². The van der Waals surface area contributed by atoms with Crippen LogP contribution >= 0.6 is 11.8 Å². The number of aromatic nitrogens is 2. The van der Waals surface area contributed by atoms with E-state index < -0.39 is 0 Å². The number of nitriles is 1. The molecule has 0 amide bonds. The molecule has 0 aliphatic rings. The van der Waals surface area contributed by atoms with Gasteiger partial charge in [-0.2, -0.15) is 10.4 Å². The second kappa shape index (κ2) is 5.51. The van der Waals surface area contributed by atoms with Crippen molar-refractivity contribution in [3.63, 3.8) is 0 Å². The fourth-order valence-electron chi connectivity index (χ4n) is 0.732. The quantitative estimate of drug-likeness (QED) is 0.531. The SMILES string of the molecule is COCCSc1nnccc1C#N. The molecular formula is C8H9N3OS. The normalized spacial score (nSPS) is 9.54. The average molecular weight is 195 g/mol. The highest BCUT2D eigenvalue weighted by Gasteiger charge is 2.02. The van der Waals surface area contributed by atoms with Gasteiger partial charge in [0, 0.05) is 12.9 Å². The van der Waals surface area contributed by atoms with Crippen LogP contribution in [0.15, 0.2) is 17.3 Å². The Morgan fingerprint density at radius 3 is 3.23 bits per heavy atom. The monoisotopic (exact) mass is 195 g/mol. The molecule has 0 N–H and O–H groups in total. The Bertz CT molecular complexity index is 311. The zero-order chi connectivity index (χ0) is 9.52. The van der Waals surface area contributed by atoms with E-state index in [1.54, 1.807) is 13.2 Å². The Labute approximate surface area is 80.9 Å². The molecule has 68 valence electrons. The van der Waals surface area contributed by atoms with Crippen molar-refractivity contribution in [2.45, 2.75) is 5.03 Å². The minimum atomic E-state index is 0.566. The van der Waals surface area contributed by atoms with Crippen molar-refractivity contribution in [2.24, 2.45) is 0 Å². The van der Waals surface area contributed by atoms with E-state index in [4.69, 9.17) is 10.00 Å². The molecule has 0 atom stereocenters. The van der Waals surface area contributed by atoms with Crippen LogP contribution < -0.4 is 0 Å². The first kappa shape index (κ1) is 9.96. The van der Waals surface area contributed by atoms with Crippen molar-refractivity contribution in [2.75, 3.05) is 19.5 Å². The Morgan fingerprint density at radius 2 is 2.54 bits per heavy atom. The molecule has 0 spiro atoms. The van der Waals surface area contributed by atoms with Crippen molar-refractivity contribution in [3.05, 3.63) is 17.8 Å². The highest BCUT2D eigenvalue weighted by Crippen LogP contribution is 2.17. The zero-order valence-corrected chi connectivity index (χ0v) is 8.04. The van der Waals surface area contributed by atoms with Gasteiger partial charge in [-0.15, -0.1) is 16.9 Å². The van der Waals surface area contributed by atoms with Gasteiger partial charge >= 0.3 is 0 Å². The molecule has 0 aliphatic heterocycles. The molecular weight excluding hydrogens is 186 g/mol. The lowest BCUT2D eigenvalue weighted by Crippen LogP contribution is -1.95. The molecule has 0 aliphatic carbocycles. The molecule has 5 heteroatoms. The van der Waals surface area contributed by atoms with Crippen LogP contribution in [0, 0.1) is 11.3 Å². The number of nitrogens with zero attached hydrogens (tertiary/aromatic N) is 3. The molecule has 0 aromatic carbocycles. The number of rotatable bonds is 4. The van der Waals surface area contributed by atoms with Crippen LogP contribution in [0.2, 0.25) is 0 Å². The van der Waals surface area contributed by atoms with Crippen molar-refractivity contribution in [1.29, 1.82) is 5.26 Å². The standard InChI is InChI=1S/C8H9N3OS/c1-12-4-5-13-8-7(6-9)2-3-10-11-8/h2-3H,4-5H2,1H3. The summed E-state index contributed by atoms with van der Waals surface area (Å²) in [6, 6.07) is 3.71. The van der Waals surface area contributed by atoms with Gasteiger partial charge in [0.1, 0.15) is 11.1 Å². The highest BCUT2D eigenvalue weighted by molar-refractivity contribution is 7.99. The van der Waals surface area contributed by atoms with E-state index in [1.165, 1.54) is 18.0 Å². The summed E-state index contributed by atoms with van der Waals surface area (Å²) >= 11 is 1.48. The molecule has 0 saturated carbocycles. The lowest BCUT2D eigenvalue weighted by Gasteiger charge is -1.99. The molecule has 0 radical (unpaired) electrons. The van der Waals surface area contributed by atoms with Gasteiger partial charge in [0.25, 0.3) is 0 Å². The van der Waals surface area contributed by atoms with Crippen LogP contribution in [0.3, 0.4) is 0 Å². The maximum Gasteiger partial charge on any atom is 0.137 e. The maximum absolute atomic E-state index is 8.71. The summed E-state index contributed by atoms with van der Waals surface area (Å²) in [6.45, 7) is 0.645. The summed E-state index contributed by atoms with van der Waals surface area (Å²) in [5, 5.41) is 16.9. The lowest BCUT2D eigenvalue weighted by atomic mass is 10.3. The van der Waals surface area contributed by atoms with E-state index in [0.717, 1.165) is 5.75 Å². The van der Waals surface area contributed by atoms with Gasteiger partial charge in [-0.3, -0.25) is 0 Å². The van der Waals surface area contributed by atoms with Gasteiger partial charge in [0.2, 0.25) is 0 Å². The lowest BCUT2D eigenvalue weighted by molar-refractivity contribution is 0.218. The molecule has 1 heterocycles. The first-order valence-corrected chi connectivity index (χ1v) is 4.70. The summed E-state index contributed by atoms with van der Waals surface area (Å²) < 4.78 is 4.89. The average Bonchev–Trinajstić information content (AvgIpc) is 2.19. The van der Waals surface area contributed by atoms with E-state index in [-0.39, 0.29) is 0 Å². The van der Waals surface area contributed by atoms with Gasteiger partial charge in [-0.05, 0) is 6.07 Å². The number of hydrogen-bond donors (Lipinski definition) is 0. The maximum atomic E-state index is 8.71. The molecule has 1 rings (SSSR count). The largest absolute Gasteiger partial charge is 0.384 e. The smallest absolute Gasteiger partial charge is 0.137 e. The third-order valence-electron chi connectivity index (χ3n) is 1.33. The van der Waals surface area contributed by atoms with E-state index in [1.807, 2.05) is 0 Å². The molecule has 0 bridgehead atoms. The third-order valence-corrected chi connectivity index (χ3v) is 2.28. The third kappa shape index (κ3) is 3.01. The van der Waals surface area contributed by atoms with Gasteiger partial charge < -0.3 is 4.74 Å². The fraction of sp³-hybridized carbons (Fsp3) is 0.375. The Balaban J connectivity index is 2.60. The van der Waals surface area contributed by atoms with Crippen molar-refractivity contribution in [3.8, 4) is 6.07 Å². The van der Waals surface area contributed by atoms with Gasteiger partial charge in [0.15, 0.2) is 0 Å². The Kier molecular flexibility index (Phi) is 4.23. The predicted octanol–water partition coefficient (Wildman–Crippen LogP) is 1.09. The topological polar surface area (TPSA) is 58.8 Å². The minimum absolute atomic E-state index is 0.566. The molecule has 0 unspecified atom stereocenters. The van der Waals surface area contributed by atoms with Crippen molar-refractivity contribution >= 4 is 11.8 Å². The van der Waals surface area contributed by atoms with E-state index in [0.29, 0.717) is 17.2 Å². The summed E-state index contributed by atoms with van der Waals surface area (Å²) in [7, 11) is 1.64. The van der Waals surface area contributed by atoms with Crippen molar-refractivity contribution < 1.29 is 4.74 Å². The fourth-order valence-corrected chi connectivity index (χ4v) is 1.55. The number of ether oxygens (including phenoxy) is 1. The van der Waals surface area contributed by atoms with E-state index in [9.17, 15) is 0 Å². The first-order valence-electron chi connectivity index (χ1n) is 3.72. The summed E-state index contributed by atoms with van der Waals surface area (Å²) in [6.07, 6.45) is 1.51. The predicted molar refractivity (Wildman–Crippen MR) is 49.3 cm³/mol. The minimum Gasteiger partial charge on any atom is -0.384 e. The highest BCUT2D eigenvalue weighted by atomic mass is 32.2. The number of methoxy groups -OCH3 is 1. The summed E-state index contributed by atoms with van der Waals surface area (Å²) in [5.74, 6) is 0.782. The van der Waals surface area contributed by atoms with Crippen LogP contribution in [-0.2, 0) is 4.74 Å². The second-order valence-corrected chi connectivity index (χ2v) is 3.29. The molecule has 13 heavy (non-hydrogen) atoms. The molecule has 4 nitrogen and oxygen atoms in total. The Morgan fingerprint density at radius 1 is 1.69 bits per heavy atom. The first-order chi connectivity index (χ1) is 6.38. The number of hydrogen-bond acceptors (Lipinski definition) is 5. The van der Waals surface area contributed by atoms with Crippen molar-refractivity contribution in [1.82, 2.24) is 10.2 Å². The summed E-state index contributed by atoms with van der Waals surface area (Å²) in [5.41, 5.74) is 0.566. The Hall–Kier alpha value is -1.12. The van der Waals surface area contributed by atoms with Gasteiger partial charge in [0.05, 0.1) is 18.4 Å². The summed E-state index contributed by atoms with van der Waals surface area (Å²) in [4.78, 5) is 0. The molecule has 0 fully saturated rings. The molecule has 1 aromatic rings. The van der Waals surface area contributed by atoms with Gasteiger partial charge in [-0.25, -0.2) is 0 Å². The second-order valence-electron chi connectivity index (χ2n) is 2.20. The van der Waals surface area contributed by atoms with Crippen LogP contribution in [0.25, 0.3) is 0 Å². The van der Waals surface area contributed by atoms with E-state index >= 15 is 0 Å². The van der Waals surface area contributed by atoms with Crippen LogP contribution in [0.5, 0.6) is 0 Å². The molecule has 0 saturated heterocycles.